The first-order chi connectivity index (χ1) is 15.8. The molecule has 2 aromatic carbocycles. The molecule has 0 spiro atoms. The van der Waals surface area contributed by atoms with Crippen LogP contribution in [0.3, 0.4) is 0 Å². The molecule has 7 heteroatoms. The molecule has 0 saturated heterocycles. The Hall–Kier alpha value is -3.35. The molecule has 1 aliphatic rings. The van der Waals surface area contributed by atoms with Crippen LogP contribution in [0.5, 0.6) is 5.75 Å². The number of benzene rings is 2. The Kier molecular flexibility index (Phi) is 6.40. The van der Waals surface area contributed by atoms with E-state index in [9.17, 15) is 19.1 Å². The number of nitrogens with zero attached hydrogens (tertiary/aromatic N) is 2. The second-order valence-corrected chi connectivity index (χ2v) is 8.65. The first-order valence-corrected chi connectivity index (χ1v) is 11.3. The molecule has 1 amide bonds. The van der Waals surface area contributed by atoms with Crippen LogP contribution in [0.2, 0.25) is 0 Å². The number of carboxylic acid groups (broad SMARTS) is 1. The molecule has 2 atom stereocenters. The topological polar surface area (TPSA) is 71.8 Å². The summed E-state index contributed by atoms with van der Waals surface area (Å²) in [6, 6.07) is 11.3. The lowest BCUT2D eigenvalue weighted by Gasteiger charge is -2.32. The second-order valence-electron chi connectivity index (χ2n) is 8.65. The molecule has 6 nitrogen and oxygen atoms in total. The third-order valence-corrected chi connectivity index (χ3v) is 6.75. The van der Waals surface area contributed by atoms with E-state index in [1.807, 2.05) is 42.8 Å². The van der Waals surface area contributed by atoms with Gasteiger partial charge in [0.15, 0.2) is 0 Å². The molecular formula is C26H29FN2O4. The summed E-state index contributed by atoms with van der Waals surface area (Å²) in [5, 5.41) is 10.5. The molecule has 0 aliphatic heterocycles. The molecule has 4 rings (SSSR count). The van der Waals surface area contributed by atoms with Crippen molar-refractivity contribution in [3.05, 3.63) is 65.1 Å². The van der Waals surface area contributed by atoms with Crippen LogP contribution in [-0.4, -0.2) is 46.6 Å². The zero-order valence-corrected chi connectivity index (χ0v) is 19.2. The van der Waals surface area contributed by atoms with Crippen molar-refractivity contribution in [3.8, 4) is 5.75 Å². The lowest BCUT2D eigenvalue weighted by atomic mass is 9.90. The van der Waals surface area contributed by atoms with Crippen molar-refractivity contribution in [3.63, 3.8) is 0 Å². The van der Waals surface area contributed by atoms with Crippen LogP contribution < -0.4 is 4.74 Å². The molecule has 0 saturated carbocycles. The predicted molar refractivity (Wildman–Crippen MR) is 124 cm³/mol. The fourth-order valence-electron chi connectivity index (χ4n) is 4.99. The predicted octanol–water partition coefficient (Wildman–Crippen LogP) is 4.38. The van der Waals surface area contributed by atoms with Crippen LogP contribution in [0.1, 0.15) is 42.6 Å². The Labute approximate surface area is 192 Å². The molecule has 1 unspecified atom stereocenters. The fourth-order valence-corrected chi connectivity index (χ4v) is 4.99. The van der Waals surface area contributed by atoms with Gasteiger partial charge in [-0.3, -0.25) is 4.79 Å². The van der Waals surface area contributed by atoms with Crippen LogP contribution >= 0.6 is 0 Å². The average molecular weight is 453 g/mol. The maximum atomic E-state index is 14.1. The summed E-state index contributed by atoms with van der Waals surface area (Å²) in [7, 11) is 3.41. The standard InChI is InChI=1S/C26H29FN2O4/c1-4-22(26(31)32)29-23-10-8-17(27)14-20(23)21-15-18(9-11-24(21)29)28(2)25(30)13-16-6-5-7-19(12-16)33-3/h5-8,10,12,14,18,22H,4,9,11,13,15H2,1-3H3,(H,31,32)/t18-,22?/m0/s1. The number of aromatic nitrogens is 1. The van der Waals surface area contributed by atoms with E-state index in [-0.39, 0.29) is 24.2 Å². The minimum atomic E-state index is -0.894. The number of carboxylic acids is 1. The van der Waals surface area contributed by atoms with Crippen molar-refractivity contribution in [1.29, 1.82) is 0 Å². The van der Waals surface area contributed by atoms with Crippen molar-refractivity contribution in [2.45, 2.75) is 51.1 Å². The molecule has 3 aromatic rings. The highest BCUT2D eigenvalue weighted by Crippen LogP contribution is 2.37. The number of halogens is 1. The smallest absolute Gasteiger partial charge is 0.326 e. The quantitative estimate of drug-likeness (QED) is 0.577. The highest BCUT2D eigenvalue weighted by molar-refractivity contribution is 5.88. The Morgan fingerprint density at radius 1 is 1.27 bits per heavy atom. The number of ether oxygens (including phenoxy) is 1. The number of hydrogen-bond donors (Lipinski definition) is 1. The van der Waals surface area contributed by atoms with Crippen LogP contribution in [-0.2, 0) is 28.9 Å². The van der Waals surface area contributed by atoms with Crippen molar-refractivity contribution in [1.82, 2.24) is 9.47 Å². The number of carbonyl (C=O) groups is 2. The summed E-state index contributed by atoms with van der Waals surface area (Å²) >= 11 is 0. The lowest BCUT2D eigenvalue weighted by molar-refractivity contribution is -0.141. The SMILES string of the molecule is CCC(C(=O)O)n1c2c(c3cc(F)ccc31)C[C@@H](N(C)C(=O)Cc1cccc(OC)c1)CC2. The monoisotopic (exact) mass is 452 g/mol. The molecule has 0 radical (unpaired) electrons. The zero-order chi connectivity index (χ0) is 23.7. The molecule has 0 fully saturated rings. The molecule has 174 valence electrons. The molecule has 1 N–H and O–H groups in total. The van der Waals surface area contributed by atoms with E-state index in [4.69, 9.17) is 4.74 Å². The van der Waals surface area contributed by atoms with Crippen molar-refractivity contribution >= 4 is 22.8 Å². The van der Waals surface area contributed by atoms with E-state index in [0.29, 0.717) is 25.0 Å². The highest BCUT2D eigenvalue weighted by Gasteiger charge is 2.32. The van der Waals surface area contributed by atoms with Gasteiger partial charge in [0.25, 0.3) is 0 Å². The van der Waals surface area contributed by atoms with Crippen LogP contribution in [0, 0.1) is 5.82 Å². The molecular weight excluding hydrogens is 423 g/mol. The van der Waals surface area contributed by atoms with Gasteiger partial charge in [0.2, 0.25) is 5.91 Å². The summed E-state index contributed by atoms with van der Waals surface area (Å²) < 4.78 is 21.3. The minimum absolute atomic E-state index is 0.00333. The summed E-state index contributed by atoms with van der Waals surface area (Å²) in [5.74, 6) is -0.530. The van der Waals surface area contributed by atoms with Gasteiger partial charge in [-0.15, -0.1) is 0 Å². The normalized spacial score (nSPS) is 16.3. The Morgan fingerprint density at radius 2 is 2.06 bits per heavy atom. The van der Waals surface area contributed by atoms with Gasteiger partial charge in [-0.05, 0) is 67.1 Å². The van der Waals surface area contributed by atoms with Crippen LogP contribution in [0.4, 0.5) is 4.39 Å². The van der Waals surface area contributed by atoms with Gasteiger partial charge in [0.1, 0.15) is 17.6 Å². The van der Waals surface area contributed by atoms with Gasteiger partial charge in [0, 0.05) is 29.7 Å². The molecule has 1 heterocycles. The van der Waals surface area contributed by atoms with E-state index in [1.165, 1.54) is 12.1 Å². The number of aliphatic carboxylic acids is 1. The zero-order valence-electron chi connectivity index (χ0n) is 19.2. The van der Waals surface area contributed by atoms with Gasteiger partial charge in [-0.2, -0.15) is 0 Å². The van der Waals surface area contributed by atoms with E-state index >= 15 is 0 Å². The van der Waals surface area contributed by atoms with Gasteiger partial charge >= 0.3 is 5.97 Å². The highest BCUT2D eigenvalue weighted by atomic mass is 19.1. The van der Waals surface area contributed by atoms with Crippen molar-refractivity contribution in [2.75, 3.05) is 14.2 Å². The third kappa shape index (κ3) is 4.32. The molecule has 1 aliphatic carbocycles. The maximum absolute atomic E-state index is 14.1. The number of amides is 1. The number of methoxy groups -OCH3 is 1. The van der Waals surface area contributed by atoms with E-state index in [1.54, 1.807) is 18.1 Å². The molecule has 33 heavy (non-hydrogen) atoms. The van der Waals surface area contributed by atoms with Crippen molar-refractivity contribution in [2.24, 2.45) is 0 Å². The Balaban J connectivity index is 1.63. The number of carbonyl (C=O) groups excluding carboxylic acids is 1. The molecule has 1 aromatic heterocycles. The largest absolute Gasteiger partial charge is 0.497 e. The van der Waals surface area contributed by atoms with Gasteiger partial charge in [-0.25, -0.2) is 9.18 Å². The summed E-state index contributed by atoms with van der Waals surface area (Å²) in [6.45, 7) is 1.84. The van der Waals surface area contributed by atoms with E-state index < -0.39 is 12.0 Å². The second kappa shape index (κ2) is 9.25. The van der Waals surface area contributed by atoms with Crippen LogP contribution in [0.25, 0.3) is 10.9 Å². The average Bonchev–Trinajstić information content (AvgIpc) is 3.11. The number of hydrogen-bond acceptors (Lipinski definition) is 3. The first kappa shape index (κ1) is 22.8. The minimum Gasteiger partial charge on any atom is -0.497 e. The maximum Gasteiger partial charge on any atom is 0.326 e. The van der Waals surface area contributed by atoms with E-state index in [0.717, 1.165) is 34.1 Å². The first-order valence-electron chi connectivity index (χ1n) is 11.3. The number of rotatable bonds is 7. The van der Waals surface area contributed by atoms with Gasteiger partial charge in [-0.1, -0.05) is 19.1 Å². The van der Waals surface area contributed by atoms with E-state index in [2.05, 4.69) is 0 Å². The Bertz CT molecular complexity index is 1200. The van der Waals surface area contributed by atoms with Crippen LogP contribution in [0.15, 0.2) is 42.5 Å². The fraction of sp³-hybridized carbons (Fsp3) is 0.385. The summed E-state index contributed by atoms with van der Waals surface area (Å²) in [4.78, 5) is 26.8. The number of fused-ring (bicyclic) bond motifs is 3. The third-order valence-electron chi connectivity index (χ3n) is 6.75. The lowest BCUT2D eigenvalue weighted by Crippen LogP contribution is -2.41. The molecule has 0 bridgehead atoms. The van der Waals surface area contributed by atoms with Gasteiger partial charge in [0.05, 0.1) is 13.5 Å². The number of likely N-dealkylation sites (N-methyl/N-ethyl adjacent to an activating group) is 1. The summed E-state index contributed by atoms with van der Waals surface area (Å²) in [6.07, 6.45) is 2.63. The summed E-state index contributed by atoms with van der Waals surface area (Å²) in [5.41, 5.74) is 3.51. The Morgan fingerprint density at radius 3 is 2.76 bits per heavy atom. The van der Waals surface area contributed by atoms with Crippen molar-refractivity contribution < 1.29 is 23.8 Å². The van der Waals surface area contributed by atoms with Gasteiger partial charge < -0.3 is 19.3 Å².